The summed E-state index contributed by atoms with van der Waals surface area (Å²) in [5.74, 6) is 1.05. The van der Waals surface area contributed by atoms with Crippen molar-refractivity contribution >= 4 is 17.5 Å². The van der Waals surface area contributed by atoms with Crippen LogP contribution in [0.5, 0.6) is 11.5 Å². The zero-order valence-corrected chi connectivity index (χ0v) is 16.6. The average molecular weight is 402 g/mol. The molecule has 0 fully saturated rings. The molecule has 0 unspecified atom stereocenters. The number of aliphatic hydroxyl groups is 1. The normalized spacial score (nSPS) is 12.3. The fraction of sp³-hybridized carbons (Fsp3) is 0.227. The number of methoxy groups -OCH3 is 2. The number of hydrogen-bond donors (Lipinski definition) is 2. The molecule has 0 aliphatic carbocycles. The molecule has 0 bridgehead atoms. The van der Waals surface area contributed by atoms with Gasteiger partial charge < -0.3 is 19.9 Å². The van der Waals surface area contributed by atoms with Crippen LogP contribution in [0.1, 0.15) is 11.1 Å². The number of hydrogen-bond acceptors (Lipinski definition) is 4. The van der Waals surface area contributed by atoms with E-state index in [-0.39, 0.29) is 5.91 Å². The largest absolute Gasteiger partial charge is 0.493 e. The number of allylic oxidation sites excluding steroid dienone is 2. The Hall–Kier alpha value is -2.76. The van der Waals surface area contributed by atoms with Crippen molar-refractivity contribution < 1.29 is 19.4 Å². The molecule has 2 aromatic carbocycles. The lowest BCUT2D eigenvalue weighted by molar-refractivity contribution is -0.116. The summed E-state index contributed by atoms with van der Waals surface area (Å²) in [5.41, 5.74) is 1.88. The van der Waals surface area contributed by atoms with E-state index in [1.807, 2.05) is 24.3 Å². The monoisotopic (exact) mass is 401 g/mol. The van der Waals surface area contributed by atoms with E-state index in [2.05, 4.69) is 5.32 Å². The molecular weight excluding hydrogens is 378 g/mol. The number of carbonyl (C=O) groups is 1. The van der Waals surface area contributed by atoms with Gasteiger partial charge in [-0.25, -0.2) is 0 Å². The van der Waals surface area contributed by atoms with Crippen LogP contribution in [-0.4, -0.2) is 31.3 Å². The summed E-state index contributed by atoms with van der Waals surface area (Å²) in [6, 6.07) is 12.8. The van der Waals surface area contributed by atoms with Crippen molar-refractivity contribution in [3.8, 4) is 11.5 Å². The summed E-state index contributed by atoms with van der Waals surface area (Å²) in [6.07, 6.45) is 6.02. The lowest BCUT2D eigenvalue weighted by Gasteiger charge is -2.10. The number of carbonyl (C=O) groups excluding carboxylic acids is 1. The quantitative estimate of drug-likeness (QED) is 0.496. The van der Waals surface area contributed by atoms with E-state index in [0.29, 0.717) is 29.5 Å². The molecule has 1 amide bonds. The molecule has 2 rings (SSSR count). The third-order valence-corrected chi connectivity index (χ3v) is 4.22. The highest BCUT2D eigenvalue weighted by Crippen LogP contribution is 2.28. The van der Waals surface area contributed by atoms with Crippen molar-refractivity contribution in [2.24, 2.45) is 0 Å². The molecule has 0 saturated heterocycles. The SMILES string of the molecule is COc1ccc(C[C@@H](O)/C=C/C=C/C(=O)NCc2ccc(Cl)cc2)cc1OC. The second kappa shape index (κ2) is 11.2. The first-order chi connectivity index (χ1) is 13.5. The molecule has 6 heteroatoms. The molecule has 0 aliphatic heterocycles. The third-order valence-electron chi connectivity index (χ3n) is 3.96. The van der Waals surface area contributed by atoms with Crippen molar-refractivity contribution in [2.75, 3.05) is 14.2 Å². The Morgan fingerprint density at radius 1 is 1.07 bits per heavy atom. The van der Waals surface area contributed by atoms with E-state index in [0.717, 1.165) is 11.1 Å². The topological polar surface area (TPSA) is 67.8 Å². The second-order valence-corrected chi connectivity index (χ2v) is 6.49. The fourth-order valence-electron chi connectivity index (χ4n) is 2.50. The van der Waals surface area contributed by atoms with E-state index in [1.165, 1.54) is 6.08 Å². The first-order valence-electron chi connectivity index (χ1n) is 8.78. The smallest absolute Gasteiger partial charge is 0.244 e. The molecule has 0 aromatic heterocycles. The van der Waals surface area contributed by atoms with Crippen molar-refractivity contribution in [3.05, 3.63) is 82.9 Å². The van der Waals surface area contributed by atoms with Gasteiger partial charge in [-0.3, -0.25) is 4.79 Å². The van der Waals surface area contributed by atoms with Crippen LogP contribution in [0.25, 0.3) is 0 Å². The van der Waals surface area contributed by atoms with Gasteiger partial charge in [-0.05, 0) is 35.4 Å². The zero-order valence-electron chi connectivity index (χ0n) is 15.9. The van der Waals surface area contributed by atoms with E-state index in [4.69, 9.17) is 21.1 Å². The van der Waals surface area contributed by atoms with Crippen molar-refractivity contribution in [1.82, 2.24) is 5.32 Å². The van der Waals surface area contributed by atoms with Crippen LogP contribution < -0.4 is 14.8 Å². The Kier molecular flexibility index (Phi) is 8.59. The van der Waals surface area contributed by atoms with Crippen molar-refractivity contribution in [2.45, 2.75) is 19.1 Å². The highest BCUT2D eigenvalue weighted by atomic mass is 35.5. The Morgan fingerprint density at radius 2 is 1.75 bits per heavy atom. The molecule has 0 heterocycles. The van der Waals surface area contributed by atoms with Gasteiger partial charge in [-0.1, -0.05) is 48.0 Å². The number of ether oxygens (including phenoxy) is 2. The Morgan fingerprint density at radius 3 is 2.43 bits per heavy atom. The maximum absolute atomic E-state index is 11.8. The minimum absolute atomic E-state index is 0.214. The minimum Gasteiger partial charge on any atom is -0.493 e. The number of rotatable bonds is 9. The molecule has 2 aromatic rings. The average Bonchev–Trinajstić information content (AvgIpc) is 2.70. The number of amides is 1. The Bertz CT molecular complexity index is 831. The second-order valence-electron chi connectivity index (χ2n) is 6.05. The first kappa shape index (κ1) is 21.5. The minimum atomic E-state index is -0.681. The first-order valence-corrected chi connectivity index (χ1v) is 9.15. The number of nitrogens with one attached hydrogen (secondary N) is 1. The van der Waals surface area contributed by atoms with Crippen LogP contribution in [0.3, 0.4) is 0 Å². The maximum Gasteiger partial charge on any atom is 0.244 e. The maximum atomic E-state index is 11.8. The van der Waals surface area contributed by atoms with Crippen LogP contribution in [-0.2, 0) is 17.8 Å². The van der Waals surface area contributed by atoms with Gasteiger partial charge in [0.1, 0.15) is 0 Å². The molecule has 0 aliphatic rings. The summed E-state index contributed by atoms with van der Waals surface area (Å²) < 4.78 is 10.5. The summed E-state index contributed by atoms with van der Waals surface area (Å²) in [6.45, 7) is 0.423. The molecule has 0 radical (unpaired) electrons. The lowest BCUT2D eigenvalue weighted by atomic mass is 10.1. The van der Waals surface area contributed by atoms with Gasteiger partial charge in [0.15, 0.2) is 11.5 Å². The van der Waals surface area contributed by atoms with Gasteiger partial charge in [0.05, 0.1) is 20.3 Å². The lowest BCUT2D eigenvalue weighted by Crippen LogP contribution is -2.20. The summed E-state index contributed by atoms with van der Waals surface area (Å²) in [5, 5.41) is 13.6. The number of benzene rings is 2. The number of aliphatic hydroxyl groups excluding tert-OH is 1. The van der Waals surface area contributed by atoms with Gasteiger partial charge in [-0.15, -0.1) is 0 Å². The fourth-order valence-corrected chi connectivity index (χ4v) is 2.63. The van der Waals surface area contributed by atoms with Crippen LogP contribution >= 0.6 is 11.6 Å². The van der Waals surface area contributed by atoms with Gasteiger partial charge in [-0.2, -0.15) is 0 Å². The van der Waals surface area contributed by atoms with Crippen LogP contribution in [0, 0.1) is 0 Å². The highest BCUT2D eigenvalue weighted by Gasteiger charge is 2.07. The van der Waals surface area contributed by atoms with Crippen LogP contribution in [0.4, 0.5) is 0 Å². The van der Waals surface area contributed by atoms with Crippen molar-refractivity contribution in [3.63, 3.8) is 0 Å². The van der Waals surface area contributed by atoms with Crippen molar-refractivity contribution in [1.29, 1.82) is 0 Å². The molecule has 2 N–H and O–H groups in total. The van der Waals surface area contributed by atoms with Gasteiger partial charge in [0.2, 0.25) is 5.91 Å². The molecule has 28 heavy (non-hydrogen) atoms. The van der Waals surface area contributed by atoms with E-state index < -0.39 is 6.10 Å². The molecule has 0 saturated carbocycles. The third kappa shape index (κ3) is 7.10. The molecule has 148 valence electrons. The molecule has 5 nitrogen and oxygen atoms in total. The van der Waals surface area contributed by atoms with E-state index >= 15 is 0 Å². The van der Waals surface area contributed by atoms with E-state index in [1.54, 1.807) is 50.6 Å². The Labute approximate surface area is 170 Å². The van der Waals surface area contributed by atoms with Gasteiger partial charge in [0.25, 0.3) is 0 Å². The van der Waals surface area contributed by atoms with Crippen LogP contribution in [0.2, 0.25) is 5.02 Å². The summed E-state index contributed by atoms with van der Waals surface area (Å²) >= 11 is 5.83. The number of halogens is 1. The predicted octanol–water partition coefficient (Wildman–Crippen LogP) is 3.69. The molecule has 1 atom stereocenters. The summed E-state index contributed by atoms with van der Waals surface area (Å²) in [7, 11) is 3.15. The Balaban J connectivity index is 1.79. The molecule has 0 spiro atoms. The van der Waals surface area contributed by atoms with E-state index in [9.17, 15) is 9.90 Å². The standard InChI is InChI=1S/C22H24ClNO4/c1-27-20-12-9-17(14-21(20)28-2)13-19(25)5-3-4-6-22(26)24-15-16-7-10-18(23)11-8-16/h3-12,14,19,25H,13,15H2,1-2H3,(H,24,26)/b5-3+,6-4+/t19-/m0/s1. The van der Waals surface area contributed by atoms with Crippen LogP contribution in [0.15, 0.2) is 66.8 Å². The predicted molar refractivity (Wildman–Crippen MR) is 111 cm³/mol. The highest BCUT2D eigenvalue weighted by molar-refractivity contribution is 6.30. The molecular formula is C22H24ClNO4. The van der Waals surface area contributed by atoms with Gasteiger partial charge >= 0.3 is 0 Å². The zero-order chi connectivity index (χ0) is 20.4. The summed E-state index contributed by atoms with van der Waals surface area (Å²) in [4.78, 5) is 11.8. The van der Waals surface area contributed by atoms with Gasteiger partial charge in [0, 0.05) is 24.1 Å².